The highest BCUT2D eigenvalue weighted by molar-refractivity contribution is 7.91. The topological polar surface area (TPSA) is 70.2 Å². The van der Waals surface area contributed by atoms with Crippen LogP contribution in [-0.2, 0) is 10.0 Å². The van der Waals surface area contributed by atoms with Crippen LogP contribution in [0.3, 0.4) is 0 Å². The molecule has 1 aromatic rings. The van der Waals surface area contributed by atoms with Gasteiger partial charge in [0.15, 0.2) is 4.21 Å². The summed E-state index contributed by atoms with van der Waals surface area (Å²) >= 11 is 0.682. The number of rotatable bonds is 4. The van der Waals surface area contributed by atoms with Gasteiger partial charge in [-0.05, 0) is 6.92 Å². The standard InChI is InChI=1S/C9H12N2O3S2/c1-4-6-11(5-2)16(13,14)8-7(3)10-9(12)15-8/h1H,5-6H2,2-3H3,(H,10,12). The third-order valence-electron chi connectivity index (χ3n) is 1.98. The number of terminal acetylenes is 1. The third kappa shape index (κ3) is 2.35. The van der Waals surface area contributed by atoms with Crippen molar-refractivity contribution in [3.05, 3.63) is 15.4 Å². The molecule has 1 N–H and O–H groups in total. The molecule has 0 atom stereocenters. The van der Waals surface area contributed by atoms with Gasteiger partial charge in [-0.25, -0.2) is 8.42 Å². The van der Waals surface area contributed by atoms with Crippen LogP contribution in [0.2, 0.25) is 0 Å². The molecule has 1 aromatic heterocycles. The molecule has 0 fully saturated rings. The molecule has 0 amide bonds. The summed E-state index contributed by atoms with van der Waals surface area (Å²) in [5.41, 5.74) is 0.352. The molecule has 16 heavy (non-hydrogen) atoms. The Labute approximate surface area is 98.2 Å². The zero-order valence-electron chi connectivity index (χ0n) is 8.98. The summed E-state index contributed by atoms with van der Waals surface area (Å²) < 4.78 is 25.3. The molecular formula is C9H12N2O3S2. The van der Waals surface area contributed by atoms with Gasteiger partial charge in [-0.2, -0.15) is 4.31 Å². The van der Waals surface area contributed by atoms with E-state index in [1.165, 1.54) is 0 Å². The van der Waals surface area contributed by atoms with E-state index in [0.29, 0.717) is 17.0 Å². The van der Waals surface area contributed by atoms with E-state index in [2.05, 4.69) is 10.9 Å². The molecule has 0 saturated carbocycles. The fraction of sp³-hybridized carbons (Fsp3) is 0.444. The van der Waals surface area contributed by atoms with Crippen LogP contribution >= 0.6 is 11.3 Å². The fourth-order valence-corrected chi connectivity index (χ4v) is 4.02. The quantitative estimate of drug-likeness (QED) is 0.796. The molecule has 1 rings (SSSR count). The van der Waals surface area contributed by atoms with Crippen molar-refractivity contribution in [2.24, 2.45) is 0 Å². The second kappa shape index (κ2) is 4.82. The first-order valence-corrected chi connectivity index (χ1v) is 6.82. The average molecular weight is 260 g/mol. The van der Waals surface area contributed by atoms with Gasteiger partial charge in [0.25, 0.3) is 10.0 Å². The molecule has 0 aliphatic heterocycles. The number of aryl methyl sites for hydroxylation is 1. The van der Waals surface area contributed by atoms with Crippen molar-refractivity contribution in [3.8, 4) is 12.3 Å². The van der Waals surface area contributed by atoms with E-state index in [-0.39, 0.29) is 22.2 Å². The lowest BCUT2D eigenvalue weighted by Crippen LogP contribution is -2.31. The van der Waals surface area contributed by atoms with Gasteiger partial charge in [-0.3, -0.25) is 4.79 Å². The van der Waals surface area contributed by atoms with E-state index >= 15 is 0 Å². The van der Waals surface area contributed by atoms with Gasteiger partial charge in [-0.15, -0.1) is 6.42 Å². The number of nitrogens with zero attached hydrogens (tertiary/aromatic N) is 1. The van der Waals surface area contributed by atoms with Gasteiger partial charge in [0.2, 0.25) is 0 Å². The summed E-state index contributed by atoms with van der Waals surface area (Å²) in [6.07, 6.45) is 5.10. The van der Waals surface area contributed by atoms with Crippen LogP contribution in [0, 0.1) is 19.3 Å². The van der Waals surface area contributed by atoms with Gasteiger partial charge >= 0.3 is 4.87 Å². The van der Waals surface area contributed by atoms with Gasteiger partial charge in [-0.1, -0.05) is 24.2 Å². The molecule has 0 spiro atoms. The van der Waals surface area contributed by atoms with Crippen LogP contribution in [0.4, 0.5) is 0 Å². The van der Waals surface area contributed by atoms with Crippen molar-refractivity contribution in [1.29, 1.82) is 0 Å². The van der Waals surface area contributed by atoms with Gasteiger partial charge in [0.1, 0.15) is 0 Å². The Balaban J connectivity index is 3.26. The maximum Gasteiger partial charge on any atom is 0.305 e. The third-order valence-corrected chi connectivity index (χ3v) is 5.48. The first kappa shape index (κ1) is 13.0. The Kier molecular flexibility index (Phi) is 3.91. The SMILES string of the molecule is C#CCN(CC)S(=O)(=O)c1sc(=O)[nH]c1C. The lowest BCUT2D eigenvalue weighted by atomic mass is 10.6. The average Bonchev–Trinajstić information content (AvgIpc) is 2.54. The van der Waals surface area contributed by atoms with Crippen LogP contribution in [0.25, 0.3) is 0 Å². The van der Waals surface area contributed by atoms with Crippen LogP contribution in [-0.4, -0.2) is 30.8 Å². The minimum absolute atomic E-state index is 0.00433. The lowest BCUT2D eigenvalue weighted by molar-refractivity contribution is 0.465. The summed E-state index contributed by atoms with van der Waals surface area (Å²) in [5, 5.41) is 0. The molecule has 1 heterocycles. The highest BCUT2D eigenvalue weighted by Crippen LogP contribution is 2.20. The van der Waals surface area contributed by atoms with Crippen LogP contribution < -0.4 is 4.87 Å². The first-order chi connectivity index (χ1) is 7.43. The van der Waals surface area contributed by atoms with Crippen LogP contribution in [0.1, 0.15) is 12.6 Å². The van der Waals surface area contributed by atoms with Crippen LogP contribution in [0.15, 0.2) is 9.00 Å². The molecular weight excluding hydrogens is 248 g/mol. The van der Waals surface area contributed by atoms with Crippen molar-refractivity contribution in [3.63, 3.8) is 0 Å². The number of aromatic amines is 1. The second-order valence-corrected chi connectivity index (χ2v) is 6.18. The molecule has 0 aliphatic rings. The summed E-state index contributed by atoms with van der Waals surface area (Å²) in [5.74, 6) is 2.28. The molecule has 5 nitrogen and oxygen atoms in total. The Morgan fingerprint density at radius 1 is 1.56 bits per heavy atom. The summed E-state index contributed by atoms with van der Waals surface area (Å²) in [6, 6.07) is 0. The minimum atomic E-state index is -3.65. The molecule has 0 bridgehead atoms. The maximum atomic E-state index is 12.1. The van der Waals surface area contributed by atoms with Gasteiger partial charge in [0.05, 0.1) is 6.54 Å². The largest absolute Gasteiger partial charge is 0.315 e. The van der Waals surface area contributed by atoms with Gasteiger partial charge in [0, 0.05) is 12.2 Å². The molecule has 0 saturated heterocycles. The van der Waals surface area contributed by atoms with Gasteiger partial charge < -0.3 is 4.98 Å². The van der Waals surface area contributed by atoms with E-state index in [1.807, 2.05) is 0 Å². The number of hydrogen-bond donors (Lipinski definition) is 1. The predicted molar refractivity (Wildman–Crippen MR) is 62.9 cm³/mol. The number of aromatic nitrogens is 1. The van der Waals surface area contributed by atoms with E-state index in [9.17, 15) is 13.2 Å². The lowest BCUT2D eigenvalue weighted by Gasteiger charge is -2.16. The van der Waals surface area contributed by atoms with E-state index in [4.69, 9.17) is 6.42 Å². The Morgan fingerprint density at radius 3 is 2.56 bits per heavy atom. The van der Waals surface area contributed by atoms with Crippen molar-refractivity contribution in [1.82, 2.24) is 9.29 Å². The summed E-state index contributed by atoms with van der Waals surface area (Å²) in [4.78, 5) is 13.1. The molecule has 88 valence electrons. The molecule has 0 radical (unpaired) electrons. The number of nitrogens with one attached hydrogen (secondary N) is 1. The van der Waals surface area contributed by atoms with Crippen molar-refractivity contribution in [2.45, 2.75) is 18.1 Å². The van der Waals surface area contributed by atoms with E-state index in [0.717, 1.165) is 4.31 Å². The maximum absolute atomic E-state index is 12.1. The normalized spacial score (nSPS) is 11.6. The fourth-order valence-electron chi connectivity index (χ4n) is 1.22. The van der Waals surface area contributed by atoms with Crippen molar-refractivity contribution in [2.75, 3.05) is 13.1 Å². The molecule has 7 heteroatoms. The molecule has 0 aromatic carbocycles. The number of H-pyrrole nitrogens is 1. The van der Waals surface area contributed by atoms with Crippen LogP contribution in [0.5, 0.6) is 0 Å². The Hall–Kier alpha value is -1.10. The van der Waals surface area contributed by atoms with E-state index < -0.39 is 10.0 Å². The second-order valence-electron chi connectivity index (χ2n) is 3.06. The highest BCUT2D eigenvalue weighted by atomic mass is 32.2. The Bertz CT molecular complexity index is 562. The smallest absolute Gasteiger partial charge is 0.305 e. The molecule has 0 unspecified atom stereocenters. The summed E-state index contributed by atoms with van der Waals surface area (Å²) in [6.45, 7) is 3.52. The first-order valence-electron chi connectivity index (χ1n) is 4.56. The zero-order chi connectivity index (χ0) is 12.3. The van der Waals surface area contributed by atoms with Crippen molar-refractivity contribution < 1.29 is 8.42 Å². The zero-order valence-corrected chi connectivity index (χ0v) is 10.6. The number of hydrogen-bond acceptors (Lipinski definition) is 4. The highest BCUT2D eigenvalue weighted by Gasteiger charge is 2.26. The monoisotopic (exact) mass is 260 g/mol. The molecule has 0 aliphatic carbocycles. The summed E-state index contributed by atoms with van der Waals surface area (Å²) in [7, 11) is -3.65. The van der Waals surface area contributed by atoms with Crippen molar-refractivity contribution >= 4 is 21.4 Å². The Morgan fingerprint density at radius 2 is 2.19 bits per heavy atom. The number of sulfonamides is 1. The minimum Gasteiger partial charge on any atom is -0.315 e. The van der Waals surface area contributed by atoms with E-state index in [1.54, 1.807) is 13.8 Å². The number of thiazole rings is 1. The predicted octanol–water partition coefficient (Wildman–Crippen LogP) is 0.389.